The molecule has 0 aliphatic carbocycles. The lowest BCUT2D eigenvalue weighted by Gasteiger charge is -1.99. The summed E-state index contributed by atoms with van der Waals surface area (Å²) < 4.78 is 2.07. The van der Waals surface area contributed by atoms with Crippen molar-refractivity contribution in [2.75, 3.05) is 0 Å². The largest absolute Gasteiger partial charge is 0.318 e. The molecule has 3 heteroatoms. The highest BCUT2D eigenvalue weighted by molar-refractivity contribution is 4.92. The second-order valence-corrected chi connectivity index (χ2v) is 3.18. The first kappa shape index (κ1) is 9.23. The zero-order valence-electron chi connectivity index (χ0n) is 8.17. The number of hydrogen-bond acceptors (Lipinski definition) is 2. The van der Waals surface area contributed by atoms with E-state index in [1.54, 1.807) is 0 Å². The maximum Gasteiger partial charge on any atom is 0.132 e. The van der Waals surface area contributed by atoms with Gasteiger partial charge in [-0.15, -0.1) is 10.2 Å². The molecule has 0 bridgehead atoms. The molecule has 68 valence electrons. The molecule has 0 saturated carbocycles. The van der Waals surface area contributed by atoms with Gasteiger partial charge in [-0.2, -0.15) is 0 Å². The average molecular weight is 167 g/mol. The van der Waals surface area contributed by atoms with Crippen LogP contribution >= 0.6 is 0 Å². The van der Waals surface area contributed by atoms with Crippen LogP contribution in [0.2, 0.25) is 0 Å². The van der Waals surface area contributed by atoms with Crippen LogP contribution in [0.3, 0.4) is 0 Å². The van der Waals surface area contributed by atoms with Crippen molar-refractivity contribution in [3.05, 3.63) is 11.6 Å². The first-order valence-electron chi connectivity index (χ1n) is 4.60. The molecule has 0 spiro atoms. The van der Waals surface area contributed by atoms with Gasteiger partial charge in [0.05, 0.1) is 0 Å². The monoisotopic (exact) mass is 167 g/mol. The summed E-state index contributed by atoms with van der Waals surface area (Å²) in [5, 5.41) is 8.11. The Bertz CT molecular complexity index is 240. The minimum Gasteiger partial charge on any atom is -0.318 e. The average Bonchev–Trinajstić information content (AvgIpc) is 2.36. The predicted molar refractivity (Wildman–Crippen MR) is 49.0 cm³/mol. The van der Waals surface area contributed by atoms with Gasteiger partial charge < -0.3 is 4.57 Å². The van der Waals surface area contributed by atoms with E-state index in [0.717, 1.165) is 18.1 Å². The highest BCUT2D eigenvalue weighted by Gasteiger charge is 2.02. The summed E-state index contributed by atoms with van der Waals surface area (Å²) in [6.45, 7) is 4.19. The molecule has 1 aromatic heterocycles. The van der Waals surface area contributed by atoms with Crippen LogP contribution in [-0.2, 0) is 13.5 Å². The standard InChI is InChI=1S/C9H17N3/c1-4-5-6-7-9-11-10-8(2)12(9)3/h4-7H2,1-3H3. The topological polar surface area (TPSA) is 30.7 Å². The van der Waals surface area contributed by atoms with Gasteiger partial charge in [0, 0.05) is 13.5 Å². The summed E-state index contributed by atoms with van der Waals surface area (Å²) in [7, 11) is 2.02. The van der Waals surface area contributed by atoms with E-state index in [4.69, 9.17) is 0 Å². The van der Waals surface area contributed by atoms with E-state index in [2.05, 4.69) is 21.7 Å². The molecule has 0 aliphatic rings. The maximum absolute atomic E-state index is 4.10. The molecule has 0 N–H and O–H groups in total. The fourth-order valence-corrected chi connectivity index (χ4v) is 1.20. The van der Waals surface area contributed by atoms with Crippen molar-refractivity contribution >= 4 is 0 Å². The molecule has 0 fully saturated rings. The van der Waals surface area contributed by atoms with Crippen molar-refractivity contribution in [1.82, 2.24) is 14.8 Å². The highest BCUT2D eigenvalue weighted by Crippen LogP contribution is 2.04. The smallest absolute Gasteiger partial charge is 0.132 e. The Labute approximate surface area is 73.8 Å². The molecule has 1 aromatic rings. The summed E-state index contributed by atoms with van der Waals surface area (Å²) in [6, 6.07) is 0. The molecule has 0 aromatic carbocycles. The molecule has 0 radical (unpaired) electrons. The number of rotatable bonds is 4. The first-order valence-corrected chi connectivity index (χ1v) is 4.60. The Morgan fingerprint density at radius 3 is 2.50 bits per heavy atom. The number of unbranched alkanes of at least 4 members (excludes halogenated alkanes) is 2. The quantitative estimate of drug-likeness (QED) is 0.641. The van der Waals surface area contributed by atoms with Gasteiger partial charge in [-0.3, -0.25) is 0 Å². The lowest BCUT2D eigenvalue weighted by atomic mass is 10.2. The second-order valence-electron chi connectivity index (χ2n) is 3.18. The van der Waals surface area contributed by atoms with E-state index in [9.17, 15) is 0 Å². The van der Waals surface area contributed by atoms with Crippen LogP contribution in [0.1, 0.15) is 37.8 Å². The minimum atomic E-state index is 1.00. The number of aryl methyl sites for hydroxylation is 2. The van der Waals surface area contributed by atoms with Gasteiger partial charge in [-0.1, -0.05) is 19.8 Å². The molecule has 0 unspecified atom stereocenters. The third-order valence-electron chi connectivity index (χ3n) is 2.19. The van der Waals surface area contributed by atoms with E-state index < -0.39 is 0 Å². The van der Waals surface area contributed by atoms with E-state index in [1.165, 1.54) is 19.3 Å². The van der Waals surface area contributed by atoms with Gasteiger partial charge in [0.2, 0.25) is 0 Å². The van der Waals surface area contributed by atoms with Crippen molar-refractivity contribution in [2.45, 2.75) is 39.5 Å². The van der Waals surface area contributed by atoms with E-state index in [-0.39, 0.29) is 0 Å². The molecular weight excluding hydrogens is 150 g/mol. The van der Waals surface area contributed by atoms with Gasteiger partial charge in [-0.25, -0.2) is 0 Å². The Balaban J connectivity index is 2.46. The maximum atomic E-state index is 4.10. The van der Waals surface area contributed by atoms with Gasteiger partial charge >= 0.3 is 0 Å². The van der Waals surface area contributed by atoms with Crippen LogP contribution in [0.4, 0.5) is 0 Å². The molecule has 1 heterocycles. The zero-order valence-corrected chi connectivity index (χ0v) is 8.17. The third-order valence-corrected chi connectivity index (χ3v) is 2.19. The fourth-order valence-electron chi connectivity index (χ4n) is 1.20. The van der Waals surface area contributed by atoms with Gasteiger partial charge in [-0.05, 0) is 13.3 Å². The summed E-state index contributed by atoms with van der Waals surface area (Å²) in [5.74, 6) is 2.11. The second kappa shape index (κ2) is 4.24. The van der Waals surface area contributed by atoms with Crippen molar-refractivity contribution in [2.24, 2.45) is 7.05 Å². The van der Waals surface area contributed by atoms with Crippen LogP contribution in [0.5, 0.6) is 0 Å². The Hall–Kier alpha value is -0.860. The van der Waals surface area contributed by atoms with Crippen molar-refractivity contribution < 1.29 is 0 Å². The Kier molecular flexibility index (Phi) is 3.26. The molecule has 0 saturated heterocycles. The normalized spacial score (nSPS) is 10.6. The zero-order chi connectivity index (χ0) is 8.97. The fraction of sp³-hybridized carbons (Fsp3) is 0.778. The predicted octanol–water partition coefficient (Wildman–Crippen LogP) is 1.86. The summed E-state index contributed by atoms with van der Waals surface area (Å²) in [6.07, 6.45) is 4.83. The molecule has 1 rings (SSSR count). The Morgan fingerprint density at radius 2 is 2.00 bits per heavy atom. The molecule has 12 heavy (non-hydrogen) atoms. The minimum absolute atomic E-state index is 1.00. The summed E-state index contributed by atoms with van der Waals surface area (Å²) >= 11 is 0. The molecule has 0 aliphatic heterocycles. The van der Waals surface area contributed by atoms with Crippen LogP contribution in [0.25, 0.3) is 0 Å². The van der Waals surface area contributed by atoms with Gasteiger partial charge in [0.15, 0.2) is 0 Å². The van der Waals surface area contributed by atoms with E-state index in [1.807, 2.05) is 14.0 Å². The third kappa shape index (κ3) is 2.06. The van der Waals surface area contributed by atoms with Crippen LogP contribution in [0.15, 0.2) is 0 Å². The summed E-state index contributed by atoms with van der Waals surface area (Å²) in [4.78, 5) is 0. The number of hydrogen-bond donors (Lipinski definition) is 0. The van der Waals surface area contributed by atoms with Crippen molar-refractivity contribution in [3.63, 3.8) is 0 Å². The number of aromatic nitrogens is 3. The van der Waals surface area contributed by atoms with E-state index in [0.29, 0.717) is 0 Å². The van der Waals surface area contributed by atoms with Crippen LogP contribution in [-0.4, -0.2) is 14.8 Å². The SMILES string of the molecule is CCCCCc1nnc(C)n1C. The van der Waals surface area contributed by atoms with Crippen LogP contribution in [0, 0.1) is 6.92 Å². The molecule has 0 amide bonds. The van der Waals surface area contributed by atoms with Crippen LogP contribution < -0.4 is 0 Å². The highest BCUT2D eigenvalue weighted by atomic mass is 15.3. The lowest BCUT2D eigenvalue weighted by molar-refractivity contribution is 0.666. The van der Waals surface area contributed by atoms with Gasteiger partial charge in [0.25, 0.3) is 0 Å². The number of nitrogens with zero attached hydrogens (tertiary/aromatic N) is 3. The molecular formula is C9H17N3. The summed E-state index contributed by atoms with van der Waals surface area (Å²) in [5.41, 5.74) is 0. The van der Waals surface area contributed by atoms with Crippen molar-refractivity contribution in [3.8, 4) is 0 Å². The molecule has 0 atom stereocenters. The lowest BCUT2D eigenvalue weighted by Crippen LogP contribution is -1.99. The molecule has 3 nitrogen and oxygen atoms in total. The van der Waals surface area contributed by atoms with Crippen molar-refractivity contribution in [1.29, 1.82) is 0 Å². The first-order chi connectivity index (χ1) is 5.75. The van der Waals surface area contributed by atoms with Gasteiger partial charge in [0.1, 0.15) is 11.6 Å². The van der Waals surface area contributed by atoms with E-state index >= 15 is 0 Å². The Morgan fingerprint density at radius 1 is 1.25 bits per heavy atom.